The Bertz CT molecular complexity index is 1810. The van der Waals surface area contributed by atoms with E-state index in [1.54, 1.807) is 48.9 Å². The first kappa shape index (κ1) is 30.6. The Balaban J connectivity index is 1.40. The van der Waals surface area contributed by atoms with Gasteiger partial charge >= 0.3 is 0 Å². The van der Waals surface area contributed by atoms with Gasteiger partial charge in [-0.05, 0) is 72.9 Å². The third-order valence-corrected chi connectivity index (χ3v) is 7.96. The lowest BCUT2D eigenvalue weighted by molar-refractivity contribution is -0.123. The van der Waals surface area contributed by atoms with Crippen molar-refractivity contribution in [2.45, 2.75) is 25.8 Å². The van der Waals surface area contributed by atoms with E-state index in [-0.39, 0.29) is 11.8 Å². The van der Waals surface area contributed by atoms with Crippen LogP contribution in [0.3, 0.4) is 0 Å². The molecule has 4 aromatic rings. The van der Waals surface area contributed by atoms with Crippen molar-refractivity contribution in [2.75, 3.05) is 30.4 Å². The van der Waals surface area contributed by atoms with Gasteiger partial charge in [-0.2, -0.15) is 10.5 Å². The van der Waals surface area contributed by atoms with Gasteiger partial charge in [-0.3, -0.25) is 10.0 Å². The zero-order valence-corrected chi connectivity index (χ0v) is 24.9. The molecule has 3 aromatic carbocycles. The maximum atomic E-state index is 11.9. The van der Waals surface area contributed by atoms with Crippen LogP contribution >= 0.6 is 0 Å². The first-order chi connectivity index (χ1) is 21.9. The van der Waals surface area contributed by atoms with Crippen molar-refractivity contribution in [2.24, 2.45) is 0 Å². The van der Waals surface area contributed by atoms with Gasteiger partial charge in [-0.15, -0.1) is 0 Å². The maximum absolute atomic E-state index is 11.9. The number of hydrogen-bond donors (Lipinski definition) is 4. The fraction of sp³-hybridized carbons (Fsp3) is 0.200. The van der Waals surface area contributed by atoms with E-state index >= 15 is 0 Å². The minimum absolute atomic E-state index is 0.0227. The molecule has 5 rings (SSSR count). The topological polar surface area (TPSA) is 155 Å². The van der Waals surface area contributed by atoms with E-state index in [1.807, 2.05) is 42.5 Å². The molecule has 0 unspecified atom stereocenters. The first-order valence-corrected chi connectivity index (χ1v) is 14.4. The second-order valence-corrected chi connectivity index (χ2v) is 10.6. The van der Waals surface area contributed by atoms with Crippen molar-refractivity contribution in [1.82, 2.24) is 10.5 Å². The molecular weight excluding hydrogens is 568 g/mol. The highest BCUT2D eigenvalue weighted by Gasteiger charge is 2.26. The van der Waals surface area contributed by atoms with Crippen LogP contribution in [-0.4, -0.2) is 47.4 Å². The number of phenolic OH excluding ortho intramolecular Hbond substituents is 1. The van der Waals surface area contributed by atoms with Crippen molar-refractivity contribution in [3.05, 3.63) is 95.7 Å². The molecule has 0 bridgehead atoms. The van der Waals surface area contributed by atoms with Crippen LogP contribution in [0.2, 0.25) is 0 Å². The molecular formula is C35H32N6O4. The van der Waals surface area contributed by atoms with Crippen LogP contribution in [0.4, 0.5) is 11.5 Å². The minimum Gasteiger partial charge on any atom is -0.504 e. The maximum Gasteiger partial charge on any atom is 0.274 e. The summed E-state index contributed by atoms with van der Waals surface area (Å²) in [6.07, 6.45) is 4.99. The lowest BCUT2D eigenvalue weighted by atomic mass is 9.91. The second kappa shape index (κ2) is 13.6. The smallest absolute Gasteiger partial charge is 0.274 e. The number of ether oxygens (including phenoxy) is 1. The third-order valence-electron chi connectivity index (χ3n) is 7.96. The molecule has 1 aliphatic rings. The summed E-state index contributed by atoms with van der Waals surface area (Å²) in [5.41, 5.74) is 7.40. The fourth-order valence-electron chi connectivity index (χ4n) is 5.64. The Morgan fingerprint density at radius 1 is 1.02 bits per heavy atom. The van der Waals surface area contributed by atoms with E-state index in [1.165, 1.54) is 7.11 Å². The SMILES string of the molecule is CC=C(C(=O)NO)c1ccc(NC2CCN(c3ncc(-c4ccc(OC)c(O)c4)c(-c4ccc(C#N)cc4)c3C#N)CC2)cc1. The predicted molar refractivity (Wildman–Crippen MR) is 172 cm³/mol. The predicted octanol–water partition coefficient (Wildman–Crippen LogP) is 5.86. The zero-order valence-electron chi connectivity index (χ0n) is 24.9. The molecule has 0 aliphatic carbocycles. The number of benzene rings is 3. The normalized spacial score (nSPS) is 13.4. The summed E-state index contributed by atoms with van der Waals surface area (Å²) in [7, 11) is 1.48. The number of aromatic hydroxyl groups is 1. The Morgan fingerprint density at radius 2 is 1.71 bits per heavy atom. The molecule has 0 atom stereocenters. The number of nitrogens with one attached hydrogen (secondary N) is 2. The summed E-state index contributed by atoms with van der Waals surface area (Å²) < 4.78 is 5.21. The van der Waals surface area contributed by atoms with Gasteiger partial charge in [0.05, 0.1) is 18.7 Å². The number of carbonyl (C=O) groups excluding carboxylic acids is 1. The average Bonchev–Trinajstić information content (AvgIpc) is 3.09. The standard InChI is InChI=1S/C35H32N6O4/c1-3-28(35(43)40-44)23-8-11-26(12-9-23)39-27-14-16-41(17-15-27)34-29(20-37)33(24-6-4-22(19-36)5-7-24)30(21-38-34)25-10-13-32(45-2)31(42)18-25/h3-13,18,21,27,39,42,44H,14-17H2,1-2H3,(H,40,43). The van der Waals surface area contributed by atoms with Gasteiger partial charge in [0.15, 0.2) is 11.5 Å². The number of pyridine rings is 1. The van der Waals surface area contributed by atoms with Crippen molar-refractivity contribution < 1.29 is 19.8 Å². The molecule has 10 heteroatoms. The minimum atomic E-state index is -0.562. The van der Waals surface area contributed by atoms with E-state index in [9.17, 15) is 20.4 Å². The number of rotatable bonds is 8. The van der Waals surface area contributed by atoms with Crippen LogP contribution in [-0.2, 0) is 4.79 Å². The summed E-state index contributed by atoms with van der Waals surface area (Å²) >= 11 is 0. The van der Waals surface area contributed by atoms with Crippen molar-refractivity contribution in [1.29, 1.82) is 10.5 Å². The molecule has 0 spiro atoms. The van der Waals surface area contributed by atoms with E-state index in [2.05, 4.69) is 22.4 Å². The van der Waals surface area contributed by atoms with Crippen molar-refractivity contribution in [3.8, 4) is 45.9 Å². The van der Waals surface area contributed by atoms with Crippen LogP contribution in [0, 0.1) is 22.7 Å². The van der Waals surface area contributed by atoms with Crippen LogP contribution in [0.25, 0.3) is 27.8 Å². The number of piperidine rings is 1. The molecule has 45 heavy (non-hydrogen) atoms. The number of nitrogens with zero attached hydrogens (tertiary/aromatic N) is 4. The van der Waals surface area contributed by atoms with Crippen LogP contribution in [0.5, 0.6) is 11.5 Å². The lowest BCUT2D eigenvalue weighted by Crippen LogP contribution is -2.40. The number of aromatic nitrogens is 1. The summed E-state index contributed by atoms with van der Waals surface area (Å²) in [5, 5.41) is 42.8. The number of anilines is 2. The van der Waals surface area contributed by atoms with Crippen molar-refractivity contribution >= 4 is 23.0 Å². The van der Waals surface area contributed by atoms with Crippen LogP contribution in [0.15, 0.2) is 79.0 Å². The molecule has 1 aromatic heterocycles. The number of methoxy groups -OCH3 is 1. The van der Waals surface area contributed by atoms with Gasteiger partial charge in [0.25, 0.3) is 5.91 Å². The fourth-order valence-corrected chi connectivity index (χ4v) is 5.64. The molecule has 4 N–H and O–H groups in total. The molecule has 226 valence electrons. The molecule has 0 radical (unpaired) electrons. The summed E-state index contributed by atoms with van der Waals surface area (Å²) in [6.45, 7) is 3.08. The number of allylic oxidation sites excluding steroid dienone is 1. The average molecular weight is 601 g/mol. The Labute approximate surface area is 261 Å². The third kappa shape index (κ3) is 6.42. The van der Waals surface area contributed by atoms with Gasteiger partial charge in [0.1, 0.15) is 17.5 Å². The molecule has 10 nitrogen and oxygen atoms in total. The molecule has 0 saturated carbocycles. The van der Waals surface area contributed by atoms with Gasteiger partial charge in [0.2, 0.25) is 0 Å². The molecule has 1 aliphatic heterocycles. The summed E-state index contributed by atoms with van der Waals surface area (Å²) in [4.78, 5) is 18.8. The van der Waals surface area contributed by atoms with Crippen molar-refractivity contribution in [3.63, 3.8) is 0 Å². The van der Waals surface area contributed by atoms with E-state index in [0.29, 0.717) is 63.6 Å². The number of carbonyl (C=O) groups is 1. The molecule has 2 heterocycles. The highest BCUT2D eigenvalue weighted by Crippen LogP contribution is 2.41. The van der Waals surface area contributed by atoms with E-state index in [4.69, 9.17) is 14.9 Å². The van der Waals surface area contributed by atoms with E-state index in [0.717, 1.165) is 24.1 Å². The summed E-state index contributed by atoms with van der Waals surface area (Å²) in [6, 6.07) is 24.4. The number of hydroxylamine groups is 1. The van der Waals surface area contributed by atoms with Gasteiger partial charge in [0, 0.05) is 47.7 Å². The number of nitriles is 2. The van der Waals surface area contributed by atoms with Crippen LogP contribution in [0.1, 0.15) is 36.5 Å². The summed E-state index contributed by atoms with van der Waals surface area (Å²) in [5.74, 6) is 0.342. The zero-order chi connectivity index (χ0) is 31.9. The highest BCUT2D eigenvalue weighted by atomic mass is 16.5. The Morgan fingerprint density at radius 3 is 2.29 bits per heavy atom. The number of hydrogen-bond acceptors (Lipinski definition) is 9. The second-order valence-electron chi connectivity index (χ2n) is 10.6. The quantitative estimate of drug-likeness (QED) is 0.111. The largest absolute Gasteiger partial charge is 0.504 e. The number of phenols is 1. The first-order valence-electron chi connectivity index (χ1n) is 14.4. The molecule has 1 fully saturated rings. The number of amides is 1. The van der Waals surface area contributed by atoms with Gasteiger partial charge < -0.3 is 20.1 Å². The lowest BCUT2D eigenvalue weighted by Gasteiger charge is -2.34. The molecule has 1 saturated heterocycles. The van der Waals surface area contributed by atoms with Gasteiger partial charge in [-0.25, -0.2) is 10.5 Å². The monoisotopic (exact) mass is 600 g/mol. The van der Waals surface area contributed by atoms with E-state index < -0.39 is 5.91 Å². The van der Waals surface area contributed by atoms with Crippen LogP contribution < -0.4 is 20.4 Å². The molecule has 1 amide bonds. The Hall–Kier alpha value is -5.84. The Kier molecular flexibility index (Phi) is 9.28. The van der Waals surface area contributed by atoms with Gasteiger partial charge in [-0.1, -0.05) is 36.4 Å². The highest BCUT2D eigenvalue weighted by molar-refractivity contribution is 6.19.